The first kappa shape index (κ1) is 10.9. The molecule has 0 radical (unpaired) electrons. The van der Waals surface area contributed by atoms with Crippen LogP contribution in [0.5, 0.6) is 0 Å². The summed E-state index contributed by atoms with van der Waals surface area (Å²) in [6.45, 7) is 3.04. The van der Waals surface area contributed by atoms with Gasteiger partial charge in [-0.1, -0.05) is 23.7 Å². The van der Waals surface area contributed by atoms with E-state index in [-0.39, 0.29) is 12.1 Å². The normalized spacial score (nSPS) is 17.8. The molecular weight excluding hydrogens is 210 g/mol. The van der Waals surface area contributed by atoms with E-state index in [9.17, 15) is 0 Å². The van der Waals surface area contributed by atoms with Crippen molar-refractivity contribution < 1.29 is 5.11 Å². The molecule has 1 fully saturated rings. The van der Waals surface area contributed by atoms with Gasteiger partial charge in [0.05, 0.1) is 6.61 Å². The first-order valence-electron chi connectivity index (χ1n) is 5.26. The van der Waals surface area contributed by atoms with Crippen molar-refractivity contribution in [3.63, 3.8) is 0 Å². The number of benzene rings is 1. The lowest BCUT2D eigenvalue weighted by atomic mass is 10.1. The maximum atomic E-state index is 9.15. The van der Waals surface area contributed by atoms with Gasteiger partial charge in [-0.2, -0.15) is 0 Å². The lowest BCUT2D eigenvalue weighted by molar-refractivity contribution is 0.229. The molecule has 0 aromatic heterocycles. The largest absolute Gasteiger partial charge is 0.394 e. The van der Waals surface area contributed by atoms with Crippen LogP contribution < -0.4 is 5.32 Å². The molecule has 0 atom stereocenters. The maximum absolute atomic E-state index is 9.15. The first-order valence-corrected chi connectivity index (χ1v) is 5.64. The van der Waals surface area contributed by atoms with Gasteiger partial charge in [-0.05, 0) is 37.0 Å². The molecular formula is C12H16ClNO. The molecule has 82 valence electrons. The van der Waals surface area contributed by atoms with E-state index in [1.54, 1.807) is 0 Å². The predicted molar refractivity (Wildman–Crippen MR) is 62.1 cm³/mol. The predicted octanol–water partition coefficient (Wildman–Crippen LogP) is 2.26. The van der Waals surface area contributed by atoms with E-state index >= 15 is 0 Å². The fourth-order valence-corrected chi connectivity index (χ4v) is 1.77. The molecule has 2 N–H and O–H groups in total. The molecule has 0 aliphatic heterocycles. The van der Waals surface area contributed by atoms with Gasteiger partial charge in [0.25, 0.3) is 0 Å². The van der Waals surface area contributed by atoms with Crippen molar-refractivity contribution >= 4 is 11.6 Å². The molecule has 0 amide bonds. The average molecular weight is 226 g/mol. The molecule has 1 aliphatic carbocycles. The molecule has 2 rings (SSSR count). The Morgan fingerprint density at radius 2 is 2.20 bits per heavy atom. The van der Waals surface area contributed by atoms with E-state index in [2.05, 4.69) is 11.4 Å². The second-order valence-electron chi connectivity index (χ2n) is 4.38. The Labute approximate surface area is 95.3 Å². The van der Waals surface area contributed by atoms with Crippen LogP contribution in [0.3, 0.4) is 0 Å². The molecule has 0 bridgehead atoms. The van der Waals surface area contributed by atoms with E-state index in [1.807, 2.05) is 19.1 Å². The number of nitrogens with one attached hydrogen (secondary N) is 1. The first-order chi connectivity index (χ1) is 7.15. The summed E-state index contributed by atoms with van der Waals surface area (Å²) in [5.74, 6) is 0. The van der Waals surface area contributed by atoms with Gasteiger partial charge in [0.15, 0.2) is 0 Å². The average Bonchev–Trinajstić information content (AvgIpc) is 3.01. The van der Waals surface area contributed by atoms with Gasteiger partial charge in [-0.3, -0.25) is 0 Å². The third-order valence-corrected chi connectivity index (χ3v) is 3.47. The summed E-state index contributed by atoms with van der Waals surface area (Å²) in [5.41, 5.74) is 2.33. The number of hydrogen-bond donors (Lipinski definition) is 2. The highest BCUT2D eigenvalue weighted by Crippen LogP contribution is 2.34. The van der Waals surface area contributed by atoms with Crippen LogP contribution in [0.15, 0.2) is 18.2 Å². The van der Waals surface area contributed by atoms with Crippen LogP contribution in [0.1, 0.15) is 24.0 Å². The van der Waals surface area contributed by atoms with Gasteiger partial charge in [-0.15, -0.1) is 0 Å². The molecule has 2 nitrogen and oxygen atoms in total. The number of aliphatic hydroxyl groups excluding tert-OH is 1. The number of hydrogen-bond acceptors (Lipinski definition) is 2. The van der Waals surface area contributed by atoms with Crippen LogP contribution >= 0.6 is 11.6 Å². The molecule has 0 saturated heterocycles. The minimum Gasteiger partial charge on any atom is -0.394 e. The maximum Gasteiger partial charge on any atom is 0.0613 e. The summed E-state index contributed by atoms with van der Waals surface area (Å²) >= 11 is 5.95. The van der Waals surface area contributed by atoms with Gasteiger partial charge >= 0.3 is 0 Å². The topological polar surface area (TPSA) is 32.3 Å². The summed E-state index contributed by atoms with van der Waals surface area (Å²) in [6.07, 6.45) is 2.16. The highest BCUT2D eigenvalue weighted by atomic mass is 35.5. The summed E-state index contributed by atoms with van der Waals surface area (Å²) in [5, 5.41) is 13.3. The number of halogens is 1. The van der Waals surface area contributed by atoms with Crippen molar-refractivity contribution in [2.45, 2.75) is 31.8 Å². The Bertz CT molecular complexity index is 361. The highest BCUT2D eigenvalue weighted by molar-refractivity contribution is 6.31. The summed E-state index contributed by atoms with van der Waals surface area (Å²) < 4.78 is 0. The minimum absolute atomic E-state index is 0.00748. The molecule has 1 saturated carbocycles. The smallest absolute Gasteiger partial charge is 0.0613 e. The third kappa shape index (κ3) is 2.51. The molecule has 3 heteroatoms. The summed E-state index contributed by atoms with van der Waals surface area (Å²) in [6, 6.07) is 6.03. The zero-order valence-corrected chi connectivity index (χ0v) is 9.64. The van der Waals surface area contributed by atoms with Crippen LogP contribution in [-0.4, -0.2) is 17.3 Å². The van der Waals surface area contributed by atoms with Crippen LogP contribution in [0.4, 0.5) is 0 Å². The third-order valence-electron chi connectivity index (χ3n) is 3.05. The molecule has 1 aromatic carbocycles. The van der Waals surface area contributed by atoms with E-state index in [4.69, 9.17) is 16.7 Å². The standard InChI is InChI=1S/C12H16ClNO/c1-9-6-10(2-3-11(9)13)7-14-12(8-15)4-5-12/h2-3,6,14-15H,4-5,7-8H2,1H3. The van der Waals surface area contributed by atoms with Gasteiger partial charge in [0, 0.05) is 17.1 Å². The SMILES string of the molecule is Cc1cc(CNC2(CO)CC2)ccc1Cl. The van der Waals surface area contributed by atoms with Crippen molar-refractivity contribution in [3.05, 3.63) is 34.3 Å². The number of rotatable bonds is 4. The van der Waals surface area contributed by atoms with Crippen molar-refractivity contribution in [1.29, 1.82) is 0 Å². The Balaban J connectivity index is 1.96. The van der Waals surface area contributed by atoms with Crippen molar-refractivity contribution in [2.24, 2.45) is 0 Å². The fourth-order valence-electron chi connectivity index (χ4n) is 1.65. The fraction of sp³-hybridized carbons (Fsp3) is 0.500. The van der Waals surface area contributed by atoms with Crippen LogP contribution in [-0.2, 0) is 6.54 Å². The van der Waals surface area contributed by atoms with E-state index in [0.717, 1.165) is 30.0 Å². The Hall–Kier alpha value is -0.570. The minimum atomic E-state index is 0.00748. The van der Waals surface area contributed by atoms with Crippen LogP contribution in [0.25, 0.3) is 0 Å². The Kier molecular flexibility index (Phi) is 3.01. The van der Waals surface area contributed by atoms with Gasteiger partial charge in [-0.25, -0.2) is 0 Å². The Morgan fingerprint density at radius 1 is 1.47 bits per heavy atom. The monoisotopic (exact) mass is 225 g/mol. The van der Waals surface area contributed by atoms with Gasteiger partial charge in [0.1, 0.15) is 0 Å². The summed E-state index contributed by atoms with van der Waals surface area (Å²) in [7, 11) is 0. The van der Waals surface area contributed by atoms with E-state index in [0.29, 0.717) is 0 Å². The van der Waals surface area contributed by atoms with Gasteiger partial charge < -0.3 is 10.4 Å². The van der Waals surface area contributed by atoms with Crippen LogP contribution in [0, 0.1) is 6.92 Å². The number of aliphatic hydroxyl groups is 1. The van der Waals surface area contributed by atoms with E-state index in [1.165, 1.54) is 5.56 Å². The van der Waals surface area contributed by atoms with Crippen molar-refractivity contribution in [1.82, 2.24) is 5.32 Å². The van der Waals surface area contributed by atoms with E-state index < -0.39 is 0 Å². The van der Waals surface area contributed by atoms with Gasteiger partial charge in [0.2, 0.25) is 0 Å². The second kappa shape index (κ2) is 4.12. The summed E-state index contributed by atoms with van der Waals surface area (Å²) in [4.78, 5) is 0. The molecule has 0 spiro atoms. The molecule has 0 heterocycles. The zero-order valence-electron chi connectivity index (χ0n) is 8.89. The lowest BCUT2D eigenvalue weighted by Gasteiger charge is -2.14. The molecule has 0 unspecified atom stereocenters. The zero-order chi connectivity index (χ0) is 10.9. The molecule has 1 aromatic rings. The van der Waals surface area contributed by atoms with Crippen LogP contribution in [0.2, 0.25) is 5.02 Å². The number of aryl methyl sites for hydroxylation is 1. The van der Waals surface area contributed by atoms with Crippen molar-refractivity contribution in [2.75, 3.05) is 6.61 Å². The highest BCUT2D eigenvalue weighted by Gasteiger charge is 2.41. The second-order valence-corrected chi connectivity index (χ2v) is 4.78. The lowest BCUT2D eigenvalue weighted by Crippen LogP contribution is -2.34. The molecule has 15 heavy (non-hydrogen) atoms. The Morgan fingerprint density at radius 3 is 2.73 bits per heavy atom. The van der Waals surface area contributed by atoms with Crippen molar-refractivity contribution in [3.8, 4) is 0 Å². The molecule has 1 aliphatic rings. The quantitative estimate of drug-likeness (QED) is 0.824.